The molecule has 1 aliphatic heterocycles. The Morgan fingerprint density at radius 1 is 1.32 bits per heavy atom. The SMILES string of the molecule is C[C](C(N)=O)C(=O)NCCc1ccc2c(c1)OCO2. The molecule has 1 aliphatic rings. The molecule has 0 saturated carbocycles. The minimum Gasteiger partial charge on any atom is -0.454 e. The molecule has 2 rings (SSSR count). The smallest absolute Gasteiger partial charge is 0.237 e. The van der Waals surface area contributed by atoms with Crippen LogP contribution in [0.15, 0.2) is 18.2 Å². The Hall–Kier alpha value is -2.24. The summed E-state index contributed by atoms with van der Waals surface area (Å²) in [5.41, 5.74) is 6.03. The summed E-state index contributed by atoms with van der Waals surface area (Å²) in [5, 5.41) is 2.63. The predicted molar refractivity (Wildman–Crippen MR) is 67.4 cm³/mol. The molecule has 6 heteroatoms. The second kappa shape index (κ2) is 5.60. The molecule has 0 unspecified atom stereocenters. The van der Waals surface area contributed by atoms with Gasteiger partial charge in [0.25, 0.3) is 0 Å². The average molecular weight is 263 g/mol. The first kappa shape index (κ1) is 13.2. The van der Waals surface area contributed by atoms with Crippen LogP contribution in [0.5, 0.6) is 11.5 Å². The van der Waals surface area contributed by atoms with Crippen molar-refractivity contribution in [2.24, 2.45) is 5.73 Å². The molecule has 3 N–H and O–H groups in total. The van der Waals surface area contributed by atoms with Gasteiger partial charge in [0.05, 0.1) is 0 Å². The summed E-state index contributed by atoms with van der Waals surface area (Å²) in [6.07, 6.45) is 0.633. The van der Waals surface area contributed by atoms with Crippen molar-refractivity contribution in [3.63, 3.8) is 0 Å². The molecule has 1 aromatic rings. The van der Waals surface area contributed by atoms with E-state index in [4.69, 9.17) is 15.2 Å². The number of benzene rings is 1. The summed E-state index contributed by atoms with van der Waals surface area (Å²) in [5.74, 6) is 0.300. The number of amides is 2. The third-order valence-electron chi connectivity index (χ3n) is 2.85. The van der Waals surface area contributed by atoms with Crippen molar-refractivity contribution in [2.75, 3.05) is 13.3 Å². The lowest BCUT2D eigenvalue weighted by Gasteiger charge is -2.08. The number of fused-ring (bicyclic) bond motifs is 1. The van der Waals surface area contributed by atoms with E-state index in [0.717, 1.165) is 11.3 Å². The minimum atomic E-state index is -0.708. The number of nitrogens with two attached hydrogens (primary N) is 1. The highest BCUT2D eigenvalue weighted by molar-refractivity contribution is 6.13. The van der Waals surface area contributed by atoms with Crippen LogP contribution in [-0.4, -0.2) is 25.2 Å². The van der Waals surface area contributed by atoms with Crippen LogP contribution in [0.4, 0.5) is 0 Å². The van der Waals surface area contributed by atoms with Crippen molar-refractivity contribution in [2.45, 2.75) is 13.3 Å². The molecule has 0 spiro atoms. The first-order valence-corrected chi connectivity index (χ1v) is 5.88. The summed E-state index contributed by atoms with van der Waals surface area (Å²) in [6.45, 7) is 2.06. The summed E-state index contributed by atoms with van der Waals surface area (Å²) in [6, 6.07) is 5.61. The summed E-state index contributed by atoms with van der Waals surface area (Å²) in [4.78, 5) is 22.3. The van der Waals surface area contributed by atoms with Crippen LogP contribution in [0.1, 0.15) is 12.5 Å². The van der Waals surface area contributed by atoms with Gasteiger partial charge in [0, 0.05) is 6.54 Å². The molecule has 0 saturated heterocycles. The fourth-order valence-electron chi connectivity index (χ4n) is 1.66. The molecule has 2 amide bonds. The number of rotatable bonds is 5. The second-order valence-corrected chi connectivity index (χ2v) is 4.18. The number of hydrogen-bond donors (Lipinski definition) is 2. The average Bonchev–Trinajstić information content (AvgIpc) is 2.84. The molecule has 6 nitrogen and oxygen atoms in total. The van der Waals surface area contributed by atoms with E-state index in [0.29, 0.717) is 18.7 Å². The summed E-state index contributed by atoms with van der Waals surface area (Å²) in [7, 11) is 0. The number of carbonyl (C=O) groups is 2. The van der Waals surface area contributed by atoms with Gasteiger partial charge in [0.2, 0.25) is 18.6 Å². The Balaban J connectivity index is 1.83. The number of primary amides is 1. The maximum Gasteiger partial charge on any atom is 0.237 e. The highest BCUT2D eigenvalue weighted by Gasteiger charge is 2.19. The Kier molecular flexibility index (Phi) is 3.89. The van der Waals surface area contributed by atoms with Crippen LogP contribution in [0.2, 0.25) is 0 Å². The Morgan fingerprint density at radius 3 is 2.79 bits per heavy atom. The number of nitrogens with one attached hydrogen (secondary N) is 1. The van der Waals surface area contributed by atoms with Crippen LogP contribution in [-0.2, 0) is 16.0 Å². The zero-order chi connectivity index (χ0) is 13.8. The van der Waals surface area contributed by atoms with Gasteiger partial charge in [-0.15, -0.1) is 0 Å². The minimum absolute atomic E-state index is 0.00527. The summed E-state index contributed by atoms with van der Waals surface area (Å²) < 4.78 is 10.5. The van der Waals surface area contributed by atoms with Crippen molar-refractivity contribution in [1.82, 2.24) is 5.32 Å². The van der Waals surface area contributed by atoms with E-state index in [1.807, 2.05) is 18.2 Å². The van der Waals surface area contributed by atoms with E-state index < -0.39 is 11.8 Å². The van der Waals surface area contributed by atoms with Gasteiger partial charge in [0.15, 0.2) is 11.5 Å². The molecule has 101 valence electrons. The highest BCUT2D eigenvalue weighted by Crippen LogP contribution is 2.32. The van der Waals surface area contributed by atoms with E-state index in [9.17, 15) is 9.59 Å². The molecule has 1 radical (unpaired) electrons. The van der Waals surface area contributed by atoms with Crippen molar-refractivity contribution in [3.8, 4) is 11.5 Å². The van der Waals surface area contributed by atoms with Crippen LogP contribution in [0.25, 0.3) is 0 Å². The maximum atomic E-state index is 11.5. The zero-order valence-electron chi connectivity index (χ0n) is 10.6. The number of carbonyl (C=O) groups excluding carboxylic acids is 2. The van der Waals surface area contributed by atoms with Crippen LogP contribution >= 0.6 is 0 Å². The van der Waals surface area contributed by atoms with Gasteiger partial charge in [0.1, 0.15) is 5.92 Å². The van der Waals surface area contributed by atoms with E-state index in [1.54, 1.807) is 0 Å². The van der Waals surface area contributed by atoms with Gasteiger partial charge in [-0.25, -0.2) is 0 Å². The highest BCUT2D eigenvalue weighted by atomic mass is 16.7. The molecule has 0 aliphatic carbocycles. The third kappa shape index (κ3) is 3.15. The van der Waals surface area contributed by atoms with Gasteiger partial charge in [-0.3, -0.25) is 9.59 Å². The quantitative estimate of drug-likeness (QED) is 0.740. The molecular formula is C13H15N2O4. The van der Waals surface area contributed by atoms with Crippen molar-refractivity contribution < 1.29 is 19.1 Å². The van der Waals surface area contributed by atoms with Gasteiger partial charge in [-0.1, -0.05) is 6.07 Å². The van der Waals surface area contributed by atoms with Crippen LogP contribution < -0.4 is 20.5 Å². The van der Waals surface area contributed by atoms with Gasteiger partial charge in [-0.05, 0) is 31.0 Å². The largest absolute Gasteiger partial charge is 0.454 e. The van der Waals surface area contributed by atoms with Crippen molar-refractivity contribution in [1.29, 1.82) is 0 Å². The molecule has 0 bridgehead atoms. The predicted octanol–water partition coefficient (Wildman–Crippen LogP) is 0.154. The van der Waals surface area contributed by atoms with E-state index in [2.05, 4.69) is 5.32 Å². The third-order valence-corrected chi connectivity index (χ3v) is 2.85. The molecule has 0 aromatic heterocycles. The number of ether oxygens (including phenoxy) is 2. The van der Waals surface area contributed by atoms with E-state index in [1.165, 1.54) is 6.92 Å². The Bertz CT molecular complexity index is 501. The molecule has 0 fully saturated rings. The molecule has 1 aromatic carbocycles. The molecule has 1 heterocycles. The van der Waals surface area contributed by atoms with Gasteiger partial charge < -0.3 is 20.5 Å². The molecule has 19 heavy (non-hydrogen) atoms. The monoisotopic (exact) mass is 263 g/mol. The fraction of sp³-hybridized carbons (Fsp3) is 0.308. The summed E-state index contributed by atoms with van der Waals surface area (Å²) >= 11 is 0. The first-order valence-electron chi connectivity index (χ1n) is 5.88. The maximum absolute atomic E-state index is 11.5. The Labute approximate surface area is 110 Å². The van der Waals surface area contributed by atoms with Gasteiger partial charge >= 0.3 is 0 Å². The molecular weight excluding hydrogens is 248 g/mol. The lowest BCUT2D eigenvalue weighted by molar-refractivity contribution is -0.124. The topological polar surface area (TPSA) is 90.7 Å². The zero-order valence-corrected chi connectivity index (χ0v) is 10.6. The first-order chi connectivity index (χ1) is 9.08. The standard InChI is InChI=1S/C13H15N2O4/c1-8(12(14)16)13(17)15-5-4-9-2-3-10-11(6-9)19-7-18-10/h2-3,6H,4-5,7H2,1H3,(H2,14,16)(H,15,17). The molecule has 0 atom stereocenters. The fourth-order valence-corrected chi connectivity index (χ4v) is 1.66. The van der Waals surface area contributed by atoms with E-state index >= 15 is 0 Å². The van der Waals surface area contributed by atoms with Crippen molar-refractivity contribution >= 4 is 11.8 Å². The lowest BCUT2D eigenvalue weighted by atomic mass is 10.1. The number of hydrogen-bond acceptors (Lipinski definition) is 4. The van der Waals surface area contributed by atoms with Crippen molar-refractivity contribution in [3.05, 3.63) is 29.7 Å². The van der Waals surface area contributed by atoms with E-state index in [-0.39, 0.29) is 12.7 Å². The van der Waals surface area contributed by atoms with Gasteiger partial charge in [-0.2, -0.15) is 0 Å². The van der Waals surface area contributed by atoms with Crippen LogP contribution in [0.3, 0.4) is 0 Å². The van der Waals surface area contributed by atoms with Crippen LogP contribution in [0, 0.1) is 5.92 Å². The lowest BCUT2D eigenvalue weighted by Crippen LogP contribution is -2.36. The Morgan fingerprint density at radius 2 is 2.05 bits per heavy atom. The normalized spacial score (nSPS) is 12.5. The second-order valence-electron chi connectivity index (χ2n) is 4.18.